The number of ether oxygens (including phenoxy) is 1. The predicted octanol–water partition coefficient (Wildman–Crippen LogP) is 2.92. The van der Waals surface area contributed by atoms with Gasteiger partial charge < -0.3 is 14.3 Å². The van der Waals surface area contributed by atoms with Crippen LogP contribution in [0.4, 0.5) is 0 Å². The van der Waals surface area contributed by atoms with Crippen LogP contribution in [0, 0.1) is 6.92 Å². The molecule has 0 saturated heterocycles. The standard InChI is InChI=1S/C13H15NO2.CH2O2/c1-4-12-9(2)16-13(14-12)10-5-7-11(15-3)8-6-10;2-1-3/h5-8H,4H2,1-3H3;1H,(H,2,3). The number of aromatic nitrogens is 1. The first-order valence-corrected chi connectivity index (χ1v) is 5.84. The van der Waals surface area contributed by atoms with Crippen LogP contribution in [0.15, 0.2) is 28.7 Å². The van der Waals surface area contributed by atoms with Crippen LogP contribution >= 0.6 is 0 Å². The molecule has 0 aliphatic carbocycles. The predicted molar refractivity (Wildman–Crippen MR) is 71.3 cm³/mol. The molecule has 5 heteroatoms. The Labute approximate surface area is 111 Å². The number of hydrogen-bond acceptors (Lipinski definition) is 4. The van der Waals surface area contributed by atoms with E-state index in [0.717, 1.165) is 29.2 Å². The van der Waals surface area contributed by atoms with Crippen molar-refractivity contribution in [1.82, 2.24) is 4.98 Å². The SMILES string of the molecule is CCc1nc(-c2ccc(OC)cc2)oc1C.O=CO. The maximum atomic E-state index is 8.36. The van der Waals surface area contributed by atoms with Crippen LogP contribution < -0.4 is 4.74 Å². The molecule has 1 heterocycles. The van der Waals surface area contributed by atoms with E-state index in [2.05, 4.69) is 11.9 Å². The number of oxazole rings is 1. The summed E-state index contributed by atoms with van der Waals surface area (Å²) in [5, 5.41) is 6.89. The smallest absolute Gasteiger partial charge is 0.290 e. The Bertz CT molecular complexity index is 517. The van der Waals surface area contributed by atoms with E-state index >= 15 is 0 Å². The molecule has 0 aliphatic heterocycles. The van der Waals surface area contributed by atoms with Gasteiger partial charge in [0.2, 0.25) is 5.89 Å². The number of carboxylic acid groups (broad SMARTS) is 1. The number of methoxy groups -OCH3 is 1. The molecule has 0 spiro atoms. The lowest BCUT2D eigenvalue weighted by Gasteiger charge is -1.99. The molecule has 0 saturated carbocycles. The Balaban J connectivity index is 0.000000550. The molecule has 0 bridgehead atoms. The molecule has 0 amide bonds. The molecule has 1 N–H and O–H groups in total. The number of aryl methyl sites for hydroxylation is 2. The van der Waals surface area contributed by atoms with Gasteiger partial charge >= 0.3 is 0 Å². The van der Waals surface area contributed by atoms with E-state index in [1.54, 1.807) is 7.11 Å². The van der Waals surface area contributed by atoms with Gasteiger partial charge in [0.15, 0.2) is 0 Å². The van der Waals surface area contributed by atoms with E-state index in [0.29, 0.717) is 5.89 Å². The lowest BCUT2D eigenvalue weighted by Crippen LogP contribution is -1.84. The van der Waals surface area contributed by atoms with Crippen molar-refractivity contribution in [3.63, 3.8) is 0 Å². The monoisotopic (exact) mass is 263 g/mol. The number of rotatable bonds is 3. The van der Waals surface area contributed by atoms with Crippen molar-refractivity contribution in [2.24, 2.45) is 0 Å². The third-order valence-corrected chi connectivity index (χ3v) is 2.56. The largest absolute Gasteiger partial charge is 0.497 e. The van der Waals surface area contributed by atoms with E-state index in [9.17, 15) is 0 Å². The van der Waals surface area contributed by atoms with Crippen molar-refractivity contribution < 1.29 is 19.1 Å². The zero-order chi connectivity index (χ0) is 14.3. The van der Waals surface area contributed by atoms with Gasteiger partial charge in [-0.3, -0.25) is 4.79 Å². The Hall–Kier alpha value is -2.30. The molecule has 19 heavy (non-hydrogen) atoms. The van der Waals surface area contributed by atoms with Crippen LogP contribution in [-0.2, 0) is 11.2 Å². The molecule has 2 rings (SSSR count). The molecule has 0 radical (unpaired) electrons. The average molecular weight is 263 g/mol. The molecule has 0 unspecified atom stereocenters. The first-order chi connectivity index (χ1) is 9.15. The third kappa shape index (κ3) is 3.84. The van der Waals surface area contributed by atoms with E-state index < -0.39 is 0 Å². The lowest BCUT2D eigenvalue weighted by atomic mass is 10.2. The average Bonchev–Trinajstić information content (AvgIpc) is 2.81. The summed E-state index contributed by atoms with van der Waals surface area (Å²) in [7, 11) is 1.65. The summed E-state index contributed by atoms with van der Waals surface area (Å²) in [5.41, 5.74) is 1.99. The highest BCUT2D eigenvalue weighted by Gasteiger charge is 2.09. The molecular formula is C14H17NO4. The molecule has 0 atom stereocenters. The maximum absolute atomic E-state index is 8.36. The molecular weight excluding hydrogens is 246 g/mol. The Kier molecular flexibility index (Phi) is 5.60. The van der Waals surface area contributed by atoms with Gasteiger partial charge in [-0.1, -0.05) is 6.92 Å². The Morgan fingerprint density at radius 2 is 1.95 bits per heavy atom. The second-order valence-corrected chi connectivity index (χ2v) is 3.71. The normalized spacial score (nSPS) is 9.42. The fourth-order valence-corrected chi connectivity index (χ4v) is 1.61. The van der Waals surface area contributed by atoms with Crippen LogP contribution in [0.5, 0.6) is 5.75 Å². The van der Waals surface area contributed by atoms with Crippen molar-refractivity contribution in [1.29, 1.82) is 0 Å². The first kappa shape index (κ1) is 14.8. The van der Waals surface area contributed by atoms with Crippen LogP contribution in [0.25, 0.3) is 11.5 Å². The van der Waals surface area contributed by atoms with E-state index in [-0.39, 0.29) is 6.47 Å². The topological polar surface area (TPSA) is 72.6 Å². The van der Waals surface area contributed by atoms with Crippen molar-refractivity contribution >= 4 is 6.47 Å². The summed E-state index contributed by atoms with van der Waals surface area (Å²) in [5.74, 6) is 2.41. The van der Waals surface area contributed by atoms with Gasteiger partial charge in [-0.15, -0.1) is 0 Å². The second-order valence-electron chi connectivity index (χ2n) is 3.71. The van der Waals surface area contributed by atoms with Gasteiger partial charge in [-0.2, -0.15) is 0 Å². The number of benzene rings is 1. The number of hydrogen-bond donors (Lipinski definition) is 1. The van der Waals surface area contributed by atoms with Gasteiger partial charge in [0.1, 0.15) is 11.5 Å². The van der Waals surface area contributed by atoms with Crippen LogP contribution in [0.2, 0.25) is 0 Å². The molecule has 0 fully saturated rings. The zero-order valence-corrected chi connectivity index (χ0v) is 11.2. The minimum Gasteiger partial charge on any atom is -0.497 e. The Morgan fingerprint density at radius 1 is 1.37 bits per heavy atom. The van der Waals surface area contributed by atoms with E-state index in [1.807, 2.05) is 31.2 Å². The molecule has 2 aromatic rings. The Morgan fingerprint density at radius 3 is 2.37 bits per heavy atom. The lowest BCUT2D eigenvalue weighted by molar-refractivity contribution is -0.122. The highest BCUT2D eigenvalue weighted by Crippen LogP contribution is 2.23. The van der Waals surface area contributed by atoms with Gasteiger partial charge in [0.25, 0.3) is 6.47 Å². The van der Waals surface area contributed by atoms with Crippen molar-refractivity contribution in [2.75, 3.05) is 7.11 Å². The summed E-state index contributed by atoms with van der Waals surface area (Å²) in [4.78, 5) is 12.8. The third-order valence-electron chi connectivity index (χ3n) is 2.56. The van der Waals surface area contributed by atoms with E-state index in [1.165, 1.54) is 0 Å². The fourth-order valence-electron chi connectivity index (χ4n) is 1.61. The maximum Gasteiger partial charge on any atom is 0.290 e. The highest BCUT2D eigenvalue weighted by molar-refractivity contribution is 5.55. The summed E-state index contributed by atoms with van der Waals surface area (Å²) in [6.45, 7) is 3.77. The van der Waals surface area contributed by atoms with Gasteiger partial charge in [0, 0.05) is 5.56 Å². The van der Waals surface area contributed by atoms with Gasteiger partial charge in [-0.25, -0.2) is 4.98 Å². The summed E-state index contributed by atoms with van der Waals surface area (Å²) < 4.78 is 10.7. The van der Waals surface area contributed by atoms with Crippen LogP contribution in [-0.4, -0.2) is 23.7 Å². The fraction of sp³-hybridized carbons (Fsp3) is 0.286. The van der Waals surface area contributed by atoms with E-state index in [4.69, 9.17) is 19.1 Å². The summed E-state index contributed by atoms with van der Waals surface area (Å²) in [6, 6.07) is 7.70. The van der Waals surface area contributed by atoms with Crippen molar-refractivity contribution in [3.05, 3.63) is 35.7 Å². The molecule has 0 aliphatic rings. The van der Waals surface area contributed by atoms with Crippen molar-refractivity contribution in [3.8, 4) is 17.2 Å². The van der Waals surface area contributed by atoms with Crippen molar-refractivity contribution in [2.45, 2.75) is 20.3 Å². The highest BCUT2D eigenvalue weighted by atomic mass is 16.5. The molecule has 102 valence electrons. The zero-order valence-electron chi connectivity index (χ0n) is 11.2. The summed E-state index contributed by atoms with van der Waals surface area (Å²) >= 11 is 0. The summed E-state index contributed by atoms with van der Waals surface area (Å²) in [6.07, 6.45) is 0.894. The molecule has 1 aromatic heterocycles. The minimum atomic E-state index is -0.250. The van der Waals surface area contributed by atoms with Gasteiger partial charge in [-0.05, 0) is 37.6 Å². The van der Waals surface area contributed by atoms with Gasteiger partial charge in [0.05, 0.1) is 12.8 Å². The van der Waals surface area contributed by atoms with Crippen LogP contribution in [0.3, 0.4) is 0 Å². The number of nitrogens with zero attached hydrogens (tertiary/aromatic N) is 1. The second kappa shape index (κ2) is 7.20. The number of carbonyl (C=O) groups is 1. The molecule has 1 aromatic carbocycles. The first-order valence-electron chi connectivity index (χ1n) is 5.84. The molecule has 5 nitrogen and oxygen atoms in total. The minimum absolute atomic E-state index is 0.250. The quantitative estimate of drug-likeness (QED) is 0.862. The van der Waals surface area contributed by atoms with Crippen LogP contribution in [0.1, 0.15) is 18.4 Å².